The number of hydrazine groups is 1. The normalized spacial score (nSPS) is 10.2. The van der Waals surface area contributed by atoms with Gasteiger partial charge >= 0.3 is 0 Å². The molecule has 0 atom stereocenters. The molecule has 0 bridgehead atoms. The number of rotatable bonds is 6. The minimum absolute atomic E-state index is 0.672. The largest absolute Gasteiger partial charge is 0.493 e. The molecule has 4 heteroatoms. The van der Waals surface area contributed by atoms with Gasteiger partial charge in [-0.25, -0.2) is 5.43 Å². The maximum absolute atomic E-state index is 5.48. The Hall–Kier alpha value is -1.52. The van der Waals surface area contributed by atoms with Gasteiger partial charge in [0.2, 0.25) is 0 Å². The second-order valence-corrected chi connectivity index (χ2v) is 4.90. The van der Waals surface area contributed by atoms with Crippen LogP contribution < -0.4 is 15.6 Å². The lowest BCUT2D eigenvalue weighted by Crippen LogP contribution is -2.20. The summed E-state index contributed by atoms with van der Waals surface area (Å²) in [6.07, 6.45) is 0. The highest BCUT2D eigenvalue weighted by Crippen LogP contribution is 2.25. The average molecular weight is 321 g/mol. The van der Waals surface area contributed by atoms with Crippen molar-refractivity contribution in [2.24, 2.45) is 0 Å². The minimum Gasteiger partial charge on any atom is -0.493 e. The lowest BCUT2D eigenvalue weighted by Gasteiger charge is -2.10. The van der Waals surface area contributed by atoms with E-state index in [0.29, 0.717) is 6.61 Å². The lowest BCUT2D eigenvalue weighted by molar-refractivity contribution is 0.338. The van der Waals surface area contributed by atoms with Crippen molar-refractivity contribution in [3.63, 3.8) is 0 Å². The van der Waals surface area contributed by atoms with Gasteiger partial charge in [-0.05, 0) is 52.7 Å². The van der Waals surface area contributed by atoms with Gasteiger partial charge in [-0.15, -0.1) is 0 Å². The SMILES string of the molecule is CCOc1ccc(CNNc2ccccc2)cc1Br. The Balaban J connectivity index is 1.88. The molecule has 100 valence electrons. The molecule has 2 aromatic rings. The van der Waals surface area contributed by atoms with Crippen molar-refractivity contribution in [1.29, 1.82) is 0 Å². The van der Waals surface area contributed by atoms with Crippen LogP contribution in [0.4, 0.5) is 5.69 Å². The molecule has 0 unspecified atom stereocenters. The average Bonchev–Trinajstić information content (AvgIpc) is 2.43. The van der Waals surface area contributed by atoms with Crippen LogP contribution in [0.25, 0.3) is 0 Å². The van der Waals surface area contributed by atoms with Crippen LogP contribution in [-0.2, 0) is 6.54 Å². The molecule has 19 heavy (non-hydrogen) atoms. The van der Waals surface area contributed by atoms with E-state index in [4.69, 9.17) is 4.74 Å². The number of ether oxygens (including phenoxy) is 1. The zero-order chi connectivity index (χ0) is 13.5. The molecule has 0 spiro atoms. The summed E-state index contributed by atoms with van der Waals surface area (Å²) in [5, 5.41) is 0. The standard InChI is InChI=1S/C15H17BrN2O/c1-2-19-15-9-8-12(10-14(15)16)11-17-18-13-6-4-3-5-7-13/h3-10,17-18H,2,11H2,1H3. The molecule has 0 heterocycles. The van der Waals surface area contributed by atoms with Crippen LogP contribution in [-0.4, -0.2) is 6.61 Å². The molecule has 0 aliphatic carbocycles. The van der Waals surface area contributed by atoms with Gasteiger partial charge < -0.3 is 10.2 Å². The first kappa shape index (κ1) is 13.9. The fourth-order valence-corrected chi connectivity index (χ4v) is 2.24. The molecular weight excluding hydrogens is 304 g/mol. The van der Waals surface area contributed by atoms with Crippen molar-refractivity contribution in [3.05, 3.63) is 58.6 Å². The van der Waals surface area contributed by atoms with E-state index in [1.165, 1.54) is 5.56 Å². The van der Waals surface area contributed by atoms with E-state index in [1.807, 2.05) is 43.3 Å². The van der Waals surface area contributed by atoms with Crippen molar-refractivity contribution in [1.82, 2.24) is 5.43 Å². The summed E-state index contributed by atoms with van der Waals surface area (Å²) in [6.45, 7) is 3.39. The number of hydrogen-bond acceptors (Lipinski definition) is 3. The Morgan fingerprint density at radius 3 is 2.58 bits per heavy atom. The second kappa shape index (κ2) is 7.16. The molecule has 0 fully saturated rings. The first-order valence-corrected chi connectivity index (χ1v) is 7.04. The molecule has 0 saturated heterocycles. The summed E-state index contributed by atoms with van der Waals surface area (Å²) in [6, 6.07) is 16.1. The smallest absolute Gasteiger partial charge is 0.133 e. The van der Waals surface area contributed by atoms with E-state index in [9.17, 15) is 0 Å². The quantitative estimate of drug-likeness (QED) is 0.790. The van der Waals surface area contributed by atoms with Crippen LogP contribution in [0.15, 0.2) is 53.0 Å². The number of benzene rings is 2. The third-order valence-corrected chi connectivity index (χ3v) is 3.21. The number of hydrogen-bond donors (Lipinski definition) is 2. The van der Waals surface area contributed by atoms with Crippen LogP contribution in [0.2, 0.25) is 0 Å². The summed E-state index contributed by atoms with van der Waals surface area (Å²) in [5.74, 6) is 0.877. The van der Waals surface area contributed by atoms with Crippen molar-refractivity contribution in [2.75, 3.05) is 12.0 Å². The van der Waals surface area contributed by atoms with Gasteiger partial charge in [0.25, 0.3) is 0 Å². The Morgan fingerprint density at radius 2 is 1.89 bits per heavy atom. The third kappa shape index (κ3) is 4.26. The number of halogens is 1. The first-order chi connectivity index (χ1) is 9.29. The fraction of sp³-hybridized carbons (Fsp3) is 0.200. The molecule has 2 aromatic carbocycles. The van der Waals surface area contributed by atoms with Crippen LogP contribution in [0.3, 0.4) is 0 Å². The molecule has 0 amide bonds. The molecule has 0 aliphatic rings. The maximum Gasteiger partial charge on any atom is 0.133 e. The third-order valence-electron chi connectivity index (χ3n) is 2.60. The molecule has 0 aliphatic heterocycles. The Bertz CT molecular complexity index is 517. The van der Waals surface area contributed by atoms with Gasteiger partial charge in [0.1, 0.15) is 5.75 Å². The van der Waals surface area contributed by atoms with E-state index in [1.54, 1.807) is 0 Å². The Morgan fingerprint density at radius 1 is 1.11 bits per heavy atom. The van der Waals surface area contributed by atoms with Gasteiger partial charge in [-0.3, -0.25) is 0 Å². The first-order valence-electron chi connectivity index (χ1n) is 6.24. The highest BCUT2D eigenvalue weighted by molar-refractivity contribution is 9.10. The van der Waals surface area contributed by atoms with Gasteiger partial charge in [0.15, 0.2) is 0 Å². The molecule has 0 saturated carbocycles. The van der Waals surface area contributed by atoms with Crippen molar-refractivity contribution in [2.45, 2.75) is 13.5 Å². The molecule has 0 radical (unpaired) electrons. The molecular formula is C15H17BrN2O. The molecule has 2 N–H and O–H groups in total. The highest BCUT2D eigenvalue weighted by atomic mass is 79.9. The summed E-state index contributed by atoms with van der Waals surface area (Å²) >= 11 is 3.51. The minimum atomic E-state index is 0.672. The van der Waals surface area contributed by atoms with Gasteiger partial charge in [-0.2, -0.15) is 0 Å². The van der Waals surface area contributed by atoms with Crippen molar-refractivity contribution >= 4 is 21.6 Å². The fourth-order valence-electron chi connectivity index (χ4n) is 1.70. The van der Waals surface area contributed by atoms with Gasteiger partial charge in [-0.1, -0.05) is 24.3 Å². The lowest BCUT2D eigenvalue weighted by atomic mass is 10.2. The Kier molecular flexibility index (Phi) is 5.24. The molecule has 0 aromatic heterocycles. The topological polar surface area (TPSA) is 33.3 Å². The summed E-state index contributed by atoms with van der Waals surface area (Å²) in [4.78, 5) is 0. The van der Waals surface area contributed by atoms with Crippen molar-refractivity contribution < 1.29 is 4.74 Å². The maximum atomic E-state index is 5.48. The Labute approximate surface area is 122 Å². The summed E-state index contributed by atoms with van der Waals surface area (Å²) in [5.41, 5.74) is 8.57. The number of para-hydroxylation sites is 1. The van der Waals surface area contributed by atoms with E-state index in [0.717, 1.165) is 22.5 Å². The van der Waals surface area contributed by atoms with Crippen LogP contribution in [0, 0.1) is 0 Å². The van der Waals surface area contributed by atoms with Crippen molar-refractivity contribution in [3.8, 4) is 5.75 Å². The van der Waals surface area contributed by atoms with Crippen LogP contribution >= 0.6 is 15.9 Å². The van der Waals surface area contributed by atoms with Gasteiger partial charge in [0.05, 0.1) is 11.1 Å². The zero-order valence-electron chi connectivity index (χ0n) is 10.8. The predicted molar refractivity (Wildman–Crippen MR) is 82.2 cm³/mol. The van der Waals surface area contributed by atoms with E-state index in [2.05, 4.69) is 38.9 Å². The van der Waals surface area contributed by atoms with E-state index < -0.39 is 0 Å². The van der Waals surface area contributed by atoms with E-state index in [-0.39, 0.29) is 0 Å². The molecule has 3 nitrogen and oxygen atoms in total. The van der Waals surface area contributed by atoms with E-state index >= 15 is 0 Å². The number of anilines is 1. The second-order valence-electron chi connectivity index (χ2n) is 4.04. The highest BCUT2D eigenvalue weighted by Gasteiger charge is 2.01. The van der Waals surface area contributed by atoms with Crippen LogP contribution in [0.1, 0.15) is 12.5 Å². The van der Waals surface area contributed by atoms with Crippen LogP contribution in [0.5, 0.6) is 5.75 Å². The number of nitrogens with one attached hydrogen (secondary N) is 2. The molecule has 2 rings (SSSR count). The summed E-state index contributed by atoms with van der Waals surface area (Å²) in [7, 11) is 0. The predicted octanol–water partition coefficient (Wildman–Crippen LogP) is 3.96. The van der Waals surface area contributed by atoms with Gasteiger partial charge in [0, 0.05) is 12.2 Å². The zero-order valence-corrected chi connectivity index (χ0v) is 12.4. The monoisotopic (exact) mass is 320 g/mol. The summed E-state index contributed by atoms with van der Waals surface area (Å²) < 4.78 is 6.46.